The summed E-state index contributed by atoms with van der Waals surface area (Å²) in [5, 5.41) is 2.92. The van der Waals surface area contributed by atoms with Gasteiger partial charge >= 0.3 is 0 Å². The molecule has 166 valence electrons. The summed E-state index contributed by atoms with van der Waals surface area (Å²) in [6.45, 7) is 2.98. The first-order valence-corrected chi connectivity index (χ1v) is 12.3. The number of benzene rings is 1. The van der Waals surface area contributed by atoms with Gasteiger partial charge in [-0.25, -0.2) is 8.42 Å². The van der Waals surface area contributed by atoms with Crippen LogP contribution in [0.3, 0.4) is 0 Å². The minimum atomic E-state index is -3.52. The third-order valence-corrected chi connectivity index (χ3v) is 7.39. The van der Waals surface area contributed by atoms with Gasteiger partial charge in [0.25, 0.3) is 5.91 Å². The van der Waals surface area contributed by atoms with Crippen molar-refractivity contribution < 1.29 is 22.7 Å². The summed E-state index contributed by atoms with van der Waals surface area (Å²) in [5.41, 5.74) is 1.33. The van der Waals surface area contributed by atoms with Crippen molar-refractivity contribution in [2.75, 3.05) is 39.5 Å². The molecule has 1 aliphatic carbocycles. The molecule has 3 rings (SSSR count). The molecule has 9 heteroatoms. The minimum absolute atomic E-state index is 0.122. The van der Waals surface area contributed by atoms with Gasteiger partial charge in [-0.3, -0.25) is 9.59 Å². The van der Waals surface area contributed by atoms with Crippen LogP contribution in [-0.2, 0) is 14.8 Å². The molecule has 2 unspecified atom stereocenters. The van der Waals surface area contributed by atoms with Gasteiger partial charge < -0.3 is 15.0 Å². The molecule has 2 amide bonds. The number of sulfonamides is 1. The first kappa shape index (κ1) is 22.6. The number of carbonyl (C=O) groups is 2. The highest BCUT2D eigenvalue weighted by Crippen LogP contribution is 2.30. The monoisotopic (exact) mass is 437 g/mol. The average Bonchev–Trinajstić information content (AvgIpc) is 2.71. The van der Waals surface area contributed by atoms with Crippen LogP contribution in [0.4, 0.5) is 0 Å². The smallest absolute Gasteiger partial charge is 0.254 e. The van der Waals surface area contributed by atoms with Crippen LogP contribution in [0.15, 0.2) is 18.2 Å². The molecule has 2 fully saturated rings. The highest BCUT2D eigenvalue weighted by molar-refractivity contribution is 7.88. The van der Waals surface area contributed by atoms with Crippen LogP contribution in [0.1, 0.15) is 41.6 Å². The quantitative estimate of drug-likeness (QED) is 0.771. The van der Waals surface area contributed by atoms with Crippen molar-refractivity contribution in [3.8, 4) is 5.75 Å². The van der Waals surface area contributed by atoms with E-state index in [-0.39, 0.29) is 36.9 Å². The van der Waals surface area contributed by atoms with Crippen molar-refractivity contribution in [3.05, 3.63) is 29.3 Å². The second-order valence-electron chi connectivity index (χ2n) is 8.10. The molecular weight excluding hydrogens is 406 g/mol. The highest BCUT2D eigenvalue weighted by atomic mass is 32.2. The zero-order valence-corrected chi connectivity index (χ0v) is 18.7. The summed E-state index contributed by atoms with van der Waals surface area (Å²) >= 11 is 0. The second-order valence-corrected chi connectivity index (χ2v) is 10.0. The lowest BCUT2D eigenvalue weighted by atomic mass is 9.83. The van der Waals surface area contributed by atoms with Crippen LogP contribution in [0.5, 0.6) is 5.75 Å². The molecule has 1 heterocycles. The van der Waals surface area contributed by atoms with Crippen molar-refractivity contribution in [3.63, 3.8) is 0 Å². The van der Waals surface area contributed by atoms with Crippen molar-refractivity contribution in [1.29, 1.82) is 0 Å². The molecule has 1 aliphatic heterocycles. The van der Waals surface area contributed by atoms with Crippen molar-refractivity contribution in [2.24, 2.45) is 5.92 Å². The second kappa shape index (κ2) is 9.34. The lowest BCUT2D eigenvalue weighted by Gasteiger charge is -2.39. The summed E-state index contributed by atoms with van der Waals surface area (Å²) in [6, 6.07) is 4.90. The number of carbonyl (C=O) groups excluding carboxylic acids is 2. The molecule has 2 atom stereocenters. The standard InChI is InChI=1S/C21H31N3O5S/c1-15-14-16(29-2)8-9-17(15)21(26)23-11-10-22-20(25)18-6-4-5-7-19(18)24(13-12-23)30(3,27)28/h8-9,14,18-19H,4-7,10-13H2,1-3H3,(H,22,25). The van der Waals surface area contributed by atoms with E-state index in [9.17, 15) is 18.0 Å². The van der Waals surface area contributed by atoms with Crippen LogP contribution < -0.4 is 10.1 Å². The zero-order chi connectivity index (χ0) is 21.9. The maximum Gasteiger partial charge on any atom is 0.254 e. The molecule has 2 aliphatic rings. The molecule has 0 aromatic heterocycles. The number of rotatable bonds is 3. The van der Waals surface area contributed by atoms with Gasteiger partial charge in [-0.1, -0.05) is 12.8 Å². The van der Waals surface area contributed by atoms with Gasteiger partial charge in [0, 0.05) is 37.8 Å². The van der Waals surface area contributed by atoms with Gasteiger partial charge in [0.2, 0.25) is 15.9 Å². The minimum Gasteiger partial charge on any atom is -0.497 e. The predicted molar refractivity (Wildman–Crippen MR) is 114 cm³/mol. The largest absolute Gasteiger partial charge is 0.497 e. The predicted octanol–water partition coefficient (Wildman–Crippen LogP) is 1.40. The zero-order valence-electron chi connectivity index (χ0n) is 17.9. The Morgan fingerprint density at radius 2 is 1.90 bits per heavy atom. The van der Waals surface area contributed by atoms with E-state index in [1.165, 1.54) is 10.6 Å². The van der Waals surface area contributed by atoms with Crippen LogP contribution in [0.25, 0.3) is 0 Å². The molecule has 0 bridgehead atoms. The van der Waals surface area contributed by atoms with Crippen molar-refractivity contribution in [1.82, 2.24) is 14.5 Å². The molecule has 30 heavy (non-hydrogen) atoms. The normalized spacial score (nSPS) is 24.0. The molecule has 1 saturated heterocycles. The average molecular weight is 438 g/mol. The van der Waals surface area contributed by atoms with Crippen LogP contribution >= 0.6 is 0 Å². The Morgan fingerprint density at radius 3 is 2.57 bits per heavy atom. The number of hydrogen-bond donors (Lipinski definition) is 1. The third kappa shape index (κ3) is 4.95. The number of methoxy groups -OCH3 is 1. The van der Waals surface area contributed by atoms with E-state index in [4.69, 9.17) is 4.74 Å². The summed E-state index contributed by atoms with van der Waals surface area (Å²) in [5.74, 6) is 0.0327. The topological polar surface area (TPSA) is 96.0 Å². The number of hydrogen-bond acceptors (Lipinski definition) is 5. The van der Waals surface area contributed by atoms with Gasteiger partial charge in [0.1, 0.15) is 5.75 Å². The Balaban J connectivity index is 1.87. The van der Waals surface area contributed by atoms with Crippen LogP contribution in [0, 0.1) is 12.8 Å². The molecule has 1 aromatic rings. The van der Waals surface area contributed by atoms with Gasteiger partial charge in [-0.05, 0) is 43.5 Å². The molecular formula is C21H31N3O5S. The lowest BCUT2D eigenvalue weighted by molar-refractivity contribution is -0.127. The van der Waals surface area contributed by atoms with E-state index in [1.54, 1.807) is 30.2 Å². The summed E-state index contributed by atoms with van der Waals surface area (Å²) < 4.78 is 31.8. The summed E-state index contributed by atoms with van der Waals surface area (Å²) in [4.78, 5) is 27.6. The first-order valence-electron chi connectivity index (χ1n) is 10.4. The summed E-state index contributed by atoms with van der Waals surface area (Å²) in [7, 11) is -1.95. The van der Waals surface area contributed by atoms with E-state index < -0.39 is 10.0 Å². The Labute approximate surface area is 178 Å². The Bertz CT molecular complexity index is 902. The molecule has 8 nitrogen and oxygen atoms in total. The number of nitrogens with one attached hydrogen (secondary N) is 1. The number of aryl methyl sites for hydroxylation is 1. The molecule has 1 saturated carbocycles. The van der Waals surface area contributed by atoms with Gasteiger partial charge in [-0.15, -0.1) is 0 Å². The summed E-state index contributed by atoms with van der Waals surface area (Å²) in [6.07, 6.45) is 4.36. The first-order chi connectivity index (χ1) is 14.2. The number of nitrogens with zero attached hydrogens (tertiary/aromatic N) is 2. The Hall–Kier alpha value is -2.13. The van der Waals surface area contributed by atoms with E-state index in [2.05, 4.69) is 5.32 Å². The Morgan fingerprint density at radius 1 is 1.17 bits per heavy atom. The fourth-order valence-electron chi connectivity index (χ4n) is 4.49. The Kier molecular flexibility index (Phi) is 7.02. The van der Waals surface area contributed by atoms with E-state index >= 15 is 0 Å². The van der Waals surface area contributed by atoms with Crippen molar-refractivity contribution in [2.45, 2.75) is 38.6 Å². The van der Waals surface area contributed by atoms with Gasteiger partial charge in [-0.2, -0.15) is 4.31 Å². The fourth-order valence-corrected chi connectivity index (χ4v) is 5.65. The van der Waals surface area contributed by atoms with Crippen LogP contribution in [0.2, 0.25) is 0 Å². The maximum atomic E-state index is 13.2. The lowest BCUT2D eigenvalue weighted by Crippen LogP contribution is -2.55. The van der Waals surface area contributed by atoms with Crippen LogP contribution in [-0.4, -0.2) is 75.0 Å². The van der Waals surface area contributed by atoms with Crippen molar-refractivity contribution >= 4 is 21.8 Å². The SMILES string of the molecule is COc1ccc(C(=O)N2CCNC(=O)C3CCCCC3N(S(C)(=O)=O)CC2)c(C)c1. The molecule has 0 spiro atoms. The number of fused-ring (bicyclic) bond motifs is 1. The molecule has 0 radical (unpaired) electrons. The number of ether oxygens (including phenoxy) is 1. The van der Waals surface area contributed by atoms with Gasteiger partial charge in [0.05, 0.1) is 19.3 Å². The highest BCUT2D eigenvalue weighted by Gasteiger charge is 2.39. The number of amides is 2. The van der Waals surface area contributed by atoms with E-state index in [0.717, 1.165) is 18.4 Å². The van der Waals surface area contributed by atoms with Gasteiger partial charge in [0.15, 0.2) is 0 Å². The van der Waals surface area contributed by atoms with E-state index in [0.29, 0.717) is 37.2 Å². The van der Waals surface area contributed by atoms with E-state index in [1.807, 2.05) is 6.92 Å². The molecule has 1 aromatic carbocycles. The maximum absolute atomic E-state index is 13.2. The fraction of sp³-hybridized carbons (Fsp3) is 0.619. The molecule has 1 N–H and O–H groups in total. The third-order valence-electron chi connectivity index (χ3n) is 6.08.